The first-order chi connectivity index (χ1) is 16.9. The lowest BCUT2D eigenvalue weighted by Gasteiger charge is -2.40. The second kappa shape index (κ2) is 9.78. The summed E-state index contributed by atoms with van der Waals surface area (Å²) in [6.07, 6.45) is 5.80. The van der Waals surface area contributed by atoms with Crippen LogP contribution in [0.2, 0.25) is 5.15 Å². The number of benzene rings is 1. The van der Waals surface area contributed by atoms with Crippen LogP contribution in [0.15, 0.2) is 36.4 Å². The molecule has 7 nitrogen and oxygen atoms in total. The van der Waals surface area contributed by atoms with Crippen LogP contribution >= 0.6 is 11.6 Å². The van der Waals surface area contributed by atoms with Crippen molar-refractivity contribution in [1.29, 1.82) is 0 Å². The number of hydrogen-bond acceptors (Lipinski definition) is 5. The zero-order valence-electron chi connectivity index (χ0n) is 20.2. The van der Waals surface area contributed by atoms with Crippen LogP contribution in [-0.2, 0) is 4.79 Å². The molecule has 0 radical (unpaired) electrons. The Labute approximate surface area is 211 Å². The van der Waals surface area contributed by atoms with Crippen molar-refractivity contribution in [3.63, 3.8) is 0 Å². The summed E-state index contributed by atoms with van der Waals surface area (Å²) in [6.45, 7) is 2.39. The minimum absolute atomic E-state index is 0.143. The van der Waals surface area contributed by atoms with Gasteiger partial charge >= 0.3 is 0 Å². The van der Waals surface area contributed by atoms with Crippen LogP contribution in [0.4, 0.5) is 5.82 Å². The summed E-state index contributed by atoms with van der Waals surface area (Å²) >= 11 is 6.59. The molecule has 2 amide bonds. The first kappa shape index (κ1) is 24.1. The van der Waals surface area contributed by atoms with Gasteiger partial charge in [0.1, 0.15) is 11.0 Å². The number of aromatic nitrogens is 1. The zero-order valence-corrected chi connectivity index (χ0v) is 20.9. The molecule has 1 saturated carbocycles. The monoisotopic (exact) mass is 496 g/mol. The van der Waals surface area contributed by atoms with Crippen molar-refractivity contribution in [1.82, 2.24) is 15.2 Å². The van der Waals surface area contributed by atoms with Gasteiger partial charge < -0.3 is 20.2 Å². The highest BCUT2D eigenvalue weighted by atomic mass is 35.5. The van der Waals surface area contributed by atoms with Gasteiger partial charge in [0.15, 0.2) is 0 Å². The van der Waals surface area contributed by atoms with E-state index < -0.39 is 0 Å². The van der Waals surface area contributed by atoms with Gasteiger partial charge in [0.05, 0.1) is 11.5 Å². The number of aliphatic hydroxyl groups excluding tert-OH is 1. The fraction of sp³-hybridized carbons (Fsp3) is 0.519. The molecule has 3 fully saturated rings. The predicted octanol–water partition coefficient (Wildman–Crippen LogP) is 3.88. The van der Waals surface area contributed by atoms with E-state index in [9.17, 15) is 14.7 Å². The first-order valence-corrected chi connectivity index (χ1v) is 13.0. The lowest BCUT2D eigenvalue weighted by molar-refractivity contribution is -0.139. The van der Waals surface area contributed by atoms with Crippen molar-refractivity contribution in [2.75, 3.05) is 31.6 Å². The summed E-state index contributed by atoms with van der Waals surface area (Å²) < 4.78 is 0. The summed E-state index contributed by atoms with van der Waals surface area (Å²) in [4.78, 5) is 34.4. The van der Waals surface area contributed by atoms with Crippen LogP contribution < -0.4 is 10.2 Å². The van der Waals surface area contributed by atoms with E-state index in [1.54, 1.807) is 13.1 Å². The normalized spacial score (nSPS) is 24.1. The Morgan fingerprint density at radius 1 is 1.09 bits per heavy atom. The molecule has 35 heavy (non-hydrogen) atoms. The quantitative estimate of drug-likeness (QED) is 0.627. The Hall–Kier alpha value is -2.64. The average molecular weight is 497 g/mol. The molecule has 0 bridgehead atoms. The second-order valence-electron chi connectivity index (χ2n) is 10.1. The van der Waals surface area contributed by atoms with Gasteiger partial charge in [-0.3, -0.25) is 9.59 Å². The highest BCUT2D eigenvalue weighted by Gasteiger charge is 2.50. The van der Waals surface area contributed by atoms with Gasteiger partial charge in [0.25, 0.3) is 5.91 Å². The van der Waals surface area contributed by atoms with Crippen molar-refractivity contribution in [2.24, 2.45) is 5.41 Å². The lowest BCUT2D eigenvalue weighted by Crippen LogP contribution is -2.47. The molecule has 2 saturated heterocycles. The average Bonchev–Trinajstić information content (AvgIpc) is 3.19. The van der Waals surface area contributed by atoms with E-state index in [0.717, 1.165) is 81.5 Å². The third kappa shape index (κ3) is 4.64. The summed E-state index contributed by atoms with van der Waals surface area (Å²) in [5, 5.41) is 12.9. The number of hydrogen-bond donors (Lipinski definition) is 2. The van der Waals surface area contributed by atoms with Gasteiger partial charge in [-0.05, 0) is 74.8 Å². The van der Waals surface area contributed by atoms with Crippen LogP contribution in [0.5, 0.6) is 0 Å². The molecule has 186 valence electrons. The topological polar surface area (TPSA) is 85.8 Å². The van der Waals surface area contributed by atoms with Gasteiger partial charge in [-0.1, -0.05) is 23.7 Å². The van der Waals surface area contributed by atoms with Crippen molar-refractivity contribution in [3.05, 3.63) is 47.1 Å². The molecule has 1 aromatic heterocycles. The van der Waals surface area contributed by atoms with Gasteiger partial charge in [-0.25, -0.2) is 4.98 Å². The predicted molar refractivity (Wildman–Crippen MR) is 137 cm³/mol. The molecular weight excluding hydrogens is 464 g/mol. The Kier molecular flexibility index (Phi) is 6.73. The number of piperidine rings is 1. The molecule has 1 aromatic carbocycles. The van der Waals surface area contributed by atoms with E-state index in [4.69, 9.17) is 11.6 Å². The second-order valence-corrected chi connectivity index (χ2v) is 10.5. The summed E-state index contributed by atoms with van der Waals surface area (Å²) in [5.74, 6) is 0.992. The molecule has 2 N–H and O–H groups in total. The highest BCUT2D eigenvalue weighted by molar-refractivity contribution is 6.32. The van der Waals surface area contributed by atoms with E-state index in [2.05, 4.69) is 20.1 Å². The van der Waals surface area contributed by atoms with Crippen LogP contribution in [0, 0.1) is 5.41 Å². The Bertz CT molecular complexity index is 1110. The maximum absolute atomic E-state index is 13.4. The molecule has 0 unspecified atom stereocenters. The zero-order chi connectivity index (χ0) is 24.6. The van der Waals surface area contributed by atoms with Gasteiger partial charge in [-0.15, -0.1) is 0 Å². The van der Waals surface area contributed by atoms with E-state index >= 15 is 0 Å². The highest BCUT2D eigenvalue weighted by Crippen LogP contribution is 2.44. The van der Waals surface area contributed by atoms with E-state index in [0.29, 0.717) is 22.7 Å². The SMILES string of the molecule is CNC(=O)c1cccc(-c2ccc(N3CCC4(CC3)CCN([C@H]3CC[C@@H](O)CC3)C4=O)nc2Cl)c1. The molecule has 5 rings (SSSR count). The molecular formula is C27H33ClN4O3. The summed E-state index contributed by atoms with van der Waals surface area (Å²) in [7, 11) is 1.61. The smallest absolute Gasteiger partial charge is 0.251 e. The molecule has 8 heteroatoms. The number of rotatable bonds is 4. The Morgan fingerprint density at radius 2 is 1.80 bits per heavy atom. The fourth-order valence-corrected chi connectivity index (χ4v) is 6.24. The van der Waals surface area contributed by atoms with E-state index in [1.807, 2.05) is 30.3 Å². The number of carbonyl (C=O) groups excluding carboxylic acids is 2. The van der Waals surface area contributed by atoms with Gasteiger partial charge in [0.2, 0.25) is 5.91 Å². The lowest BCUT2D eigenvalue weighted by atomic mass is 9.77. The number of anilines is 1. The molecule has 1 aliphatic carbocycles. The van der Waals surface area contributed by atoms with Crippen LogP contribution in [-0.4, -0.2) is 65.6 Å². The van der Waals surface area contributed by atoms with Crippen molar-refractivity contribution in [2.45, 2.75) is 57.1 Å². The number of nitrogens with zero attached hydrogens (tertiary/aromatic N) is 3. The van der Waals surface area contributed by atoms with Crippen LogP contribution in [0.25, 0.3) is 11.1 Å². The van der Waals surface area contributed by atoms with Crippen molar-refractivity contribution < 1.29 is 14.7 Å². The number of nitrogens with one attached hydrogen (secondary N) is 1. The Balaban J connectivity index is 1.25. The molecule has 1 spiro atoms. The maximum Gasteiger partial charge on any atom is 0.251 e. The molecule has 2 aromatic rings. The third-order valence-electron chi connectivity index (χ3n) is 8.19. The molecule has 3 heterocycles. The number of pyridine rings is 1. The largest absolute Gasteiger partial charge is 0.393 e. The van der Waals surface area contributed by atoms with Crippen molar-refractivity contribution >= 4 is 29.2 Å². The standard InChI is InChI=1S/C27H33ClN4O3/c1-29-25(34)19-4-2-3-18(17-19)22-9-10-23(30-24(22)28)31-14-11-27(12-15-31)13-16-32(26(27)35)20-5-7-21(33)8-6-20/h2-4,9-10,17,20-21,33H,5-8,11-16H2,1H3,(H,29,34)/t20-,21+. The Morgan fingerprint density at radius 3 is 2.49 bits per heavy atom. The molecule has 0 atom stereocenters. The van der Waals surface area contributed by atoms with Crippen LogP contribution in [0.3, 0.4) is 0 Å². The number of halogens is 1. The van der Waals surface area contributed by atoms with Gasteiger partial charge in [0, 0.05) is 43.9 Å². The van der Waals surface area contributed by atoms with Crippen molar-refractivity contribution in [3.8, 4) is 11.1 Å². The fourth-order valence-electron chi connectivity index (χ4n) is 5.98. The van der Waals surface area contributed by atoms with Gasteiger partial charge in [-0.2, -0.15) is 0 Å². The number of aliphatic hydroxyl groups is 1. The number of likely N-dealkylation sites (tertiary alicyclic amines) is 1. The summed E-state index contributed by atoms with van der Waals surface area (Å²) in [6, 6.07) is 11.6. The van der Waals surface area contributed by atoms with Crippen LogP contribution in [0.1, 0.15) is 55.3 Å². The maximum atomic E-state index is 13.4. The number of amides is 2. The minimum Gasteiger partial charge on any atom is -0.393 e. The third-order valence-corrected chi connectivity index (χ3v) is 8.48. The van der Waals surface area contributed by atoms with E-state index in [1.165, 1.54) is 0 Å². The molecule has 3 aliphatic rings. The minimum atomic E-state index is -0.253. The summed E-state index contributed by atoms with van der Waals surface area (Å²) in [5.41, 5.74) is 1.95. The van der Waals surface area contributed by atoms with E-state index in [-0.39, 0.29) is 17.4 Å². The molecule has 2 aliphatic heterocycles. The first-order valence-electron chi connectivity index (χ1n) is 12.6. The number of carbonyl (C=O) groups is 2.